The average molecular weight is 454 g/mol. The number of carbonyl (C=O) groups is 1. The maximum atomic E-state index is 12.5. The van der Waals surface area contributed by atoms with Gasteiger partial charge in [-0.05, 0) is 68.2 Å². The molecule has 1 saturated heterocycles. The van der Waals surface area contributed by atoms with E-state index in [2.05, 4.69) is 76.1 Å². The molecule has 1 aliphatic rings. The molecule has 1 N–H and O–H groups in total. The summed E-state index contributed by atoms with van der Waals surface area (Å²) < 4.78 is 3.31. The van der Waals surface area contributed by atoms with Gasteiger partial charge in [0, 0.05) is 27.8 Å². The van der Waals surface area contributed by atoms with Crippen LogP contribution in [-0.4, -0.2) is 27.0 Å². The number of rotatable bonds is 3. The van der Waals surface area contributed by atoms with E-state index in [-0.39, 0.29) is 5.91 Å². The maximum Gasteiger partial charge on any atom is 0.276 e. The minimum atomic E-state index is -0.0774. The van der Waals surface area contributed by atoms with Gasteiger partial charge in [-0.15, -0.1) is 0 Å². The standard InChI is InChI=1S/C22H20BrN3OS/c1-4-25-21(27)19(24-22(25)28)12-15-11-13(2)26(14(15)3)20-10-9-18(23)16-7-5-6-8-17(16)20/h5-12H,4H2,1-3H3,(H,24,28)/b19-12-. The molecule has 0 spiro atoms. The van der Waals surface area contributed by atoms with Crippen LogP contribution in [0.1, 0.15) is 23.9 Å². The van der Waals surface area contributed by atoms with Gasteiger partial charge in [0.05, 0.1) is 5.69 Å². The first-order valence-corrected chi connectivity index (χ1v) is 10.3. The molecular weight excluding hydrogens is 434 g/mol. The van der Waals surface area contributed by atoms with Crippen LogP contribution in [0.2, 0.25) is 0 Å². The summed E-state index contributed by atoms with van der Waals surface area (Å²) in [5.74, 6) is -0.0774. The van der Waals surface area contributed by atoms with Crippen LogP contribution in [0.3, 0.4) is 0 Å². The molecule has 4 rings (SSSR count). The molecule has 0 unspecified atom stereocenters. The quantitative estimate of drug-likeness (QED) is 0.443. The Morgan fingerprint density at radius 1 is 1.14 bits per heavy atom. The molecule has 0 atom stereocenters. The molecule has 0 radical (unpaired) electrons. The van der Waals surface area contributed by atoms with E-state index < -0.39 is 0 Å². The number of nitrogens with zero attached hydrogens (tertiary/aromatic N) is 2. The molecule has 0 saturated carbocycles. The van der Waals surface area contributed by atoms with E-state index in [4.69, 9.17) is 12.2 Å². The summed E-state index contributed by atoms with van der Waals surface area (Å²) in [7, 11) is 0. The van der Waals surface area contributed by atoms with Gasteiger partial charge < -0.3 is 9.88 Å². The normalized spacial score (nSPS) is 15.7. The third kappa shape index (κ3) is 2.97. The van der Waals surface area contributed by atoms with Crippen molar-refractivity contribution < 1.29 is 4.79 Å². The summed E-state index contributed by atoms with van der Waals surface area (Å²) in [4.78, 5) is 14.1. The lowest BCUT2D eigenvalue weighted by Gasteiger charge is -2.14. The number of carbonyl (C=O) groups excluding carboxylic acids is 1. The summed E-state index contributed by atoms with van der Waals surface area (Å²) in [6, 6.07) is 14.6. The van der Waals surface area contributed by atoms with Crippen LogP contribution in [0.4, 0.5) is 0 Å². The fourth-order valence-corrected chi connectivity index (χ4v) is 4.56. The molecular formula is C22H20BrN3OS. The largest absolute Gasteiger partial charge is 0.328 e. The summed E-state index contributed by atoms with van der Waals surface area (Å²) in [6.45, 7) is 6.63. The number of hydrogen-bond donors (Lipinski definition) is 1. The Labute approximate surface area is 178 Å². The second kappa shape index (κ2) is 7.18. The molecule has 0 aliphatic carbocycles. The molecule has 3 aromatic rings. The fourth-order valence-electron chi connectivity index (χ4n) is 3.76. The van der Waals surface area contributed by atoms with Gasteiger partial charge in [0.15, 0.2) is 5.11 Å². The topological polar surface area (TPSA) is 37.3 Å². The first-order chi connectivity index (χ1) is 13.4. The van der Waals surface area contributed by atoms with Gasteiger partial charge in [0.2, 0.25) is 0 Å². The number of aromatic nitrogens is 1. The second-order valence-electron chi connectivity index (χ2n) is 6.81. The van der Waals surface area contributed by atoms with Crippen molar-refractivity contribution in [1.82, 2.24) is 14.8 Å². The lowest BCUT2D eigenvalue weighted by Crippen LogP contribution is -2.30. The van der Waals surface area contributed by atoms with E-state index in [0.29, 0.717) is 17.4 Å². The molecule has 2 aromatic carbocycles. The average Bonchev–Trinajstić information content (AvgIpc) is 3.11. The van der Waals surface area contributed by atoms with Crippen molar-refractivity contribution in [3.8, 4) is 5.69 Å². The first-order valence-electron chi connectivity index (χ1n) is 9.13. The first kappa shape index (κ1) is 18.9. The number of thiocarbonyl (C=S) groups is 1. The summed E-state index contributed by atoms with van der Waals surface area (Å²) >= 11 is 8.91. The zero-order valence-corrected chi connectivity index (χ0v) is 18.3. The number of likely N-dealkylation sites (N-methyl/N-ethyl adjacent to an activating group) is 1. The molecule has 1 amide bonds. The zero-order valence-electron chi connectivity index (χ0n) is 15.9. The minimum absolute atomic E-state index is 0.0774. The van der Waals surface area contributed by atoms with Crippen molar-refractivity contribution in [3.63, 3.8) is 0 Å². The van der Waals surface area contributed by atoms with E-state index in [9.17, 15) is 4.79 Å². The lowest BCUT2D eigenvalue weighted by molar-refractivity contribution is -0.122. The smallest absolute Gasteiger partial charge is 0.276 e. The van der Waals surface area contributed by atoms with Crippen molar-refractivity contribution in [2.45, 2.75) is 20.8 Å². The van der Waals surface area contributed by atoms with Crippen LogP contribution in [0.25, 0.3) is 22.5 Å². The predicted octanol–water partition coefficient (Wildman–Crippen LogP) is 5.09. The highest BCUT2D eigenvalue weighted by Crippen LogP contribution is 2.32. The van der Waals surface area contributed by atoms with Gasteiger partial charge >= 0.3 is 0 Å². The monoisotopic (exact) mass is 453 g/mol. The predicted molar refractivity (Wildman–Crippen MR) is 122 cm³/mol. The SMILES string of the molecule is CCN1C(=O)/C(=C/c2cc(C)n(-c3ccc(Br)c4ccccc34)c2C)NC1=S. The molecule has 28 heavy (non-hydrogen) atoms. The van der Waals surface area contributed by atoms with Gasteiger partial charge in [-0.2, -0.15) is 0 Å². The van der Waals surface area contributed by atoms with E-state index >= 15 is 0 Å². The number of amides is 1. The van der Waals surface area contributed by atoms with Crippen molar-refractivity contribution in [1.29, 1.82) is 0 Å². The molecule has 2 heterocycles. The molecule has 142 valence electrons. The summed E-state index contributed by atoms with van der Waals surface area (Å²) in [5.41, 5.74) is 4.83. The summed E-state index contributed by atoms with van der Waals surface area (Å²) in [5, 5.41) is 5.85. The third-order valence-electron chi connectivity index (χ3n) is 5.14. The van der Waals surface area contributed by atoms with E-state index in [1.54, 1.807) is 4.90 Å². The second-order valence-corrected chi connectivity index (χ2v) is 8.05. The van der Waals surface area contributed by atoms with Gasteiger partial charge in [0.1, 0.15) is 5.70 Å². The van der Waals surface area contributed by atoms with Crippen molar-refractivity contribution in [2.24, 2.45) is 0 Å². The van der Waals surface area contributed by atoms with Crippen LogP contribution >= 0.6 is 28.1 Å². The lowest BCUT2D eigenvalue weighted by atomic mass is 10.1. The number of aryl methyl sites for hydroxylation is 1. The molecule has 1 aromatic heterocycles. The Kier molecular flexibility index (Phi) is 4.85. The minimum Gasteiger partial charge on any atom is -0.328 e. The van der Waals surface area contributed by atoms with Crippen LogP contribution in [-0.2, 0) is 4.79 Å². The Hall–Kier alpha value is -2.44. The Bertz CT molecular complexity index is 1160. The molecule has 6 heteroatoms. The molecule has 0 bridgehead atoms. The van der Waals surface area contributed by atoms with Crippen LogP contribution in [0, 0.1) is 13.8 Å². The van der Waals surface area contributed by atoms with Crippen molar-refractivity contribution in [2.75, 3.05) is 6.54 Å². The number of benzene rings is 2. The van der Waals surface area contributed by atoms with E-state index in [0.717, 1.165) is 27.1 Å². The number of halogens is 1. The number of nitrogens with one attached hydrogen (secondary N) is 1. The Balaban J connectivity index is 1.85. The zero-order chi connectivity index (χ0) is 20.0. The Morgan fingerprint density at radius 3 is 2.54 bits per heavy atom. The molecule has 1 fully saturated rings. The molecule has 1 aliphatic heterocycles. The van der Waals surface area contributed by atoms with E-state index in [1.807, 2.05) is 19.1 Å². The third-order valence-corrected chi connectivity index (χ3v) is 6.15. The van der Waals surface area contributed by atoms with Gasteiger partial charge in [-0.1, -0.05) is 40.2 Å². The fraction of sp³-hybridized carbons (Fsp3) is 0.182. The van der Waals surface area contributed by atoms with Crippen LogP contribution in [0.15, 0.2) is 52.6 Å². The number of hydrogen-bond acceptors (Lipinski definition) is 2. The van der Waals surface area contributed by atoms with Crippen LogP contribution < -0.4 is 5.32 Å². The highest BCUT2D eigenvalue weighted by atomic mass is 79.9. The van der Waals surface area contributed by atoms with Gasteiger partial charge in [0.25, 0.3) is 5.91 Å². The highest BCUT2D eigenvalue weighted by molar-refractivity contribution is 9.10. The van der Waals surface area contributed by atoms with Gasteiger partial charge in [-0.3, -0.25) is 9.69 Å². The number of fused-ring (bicyclic) bond motifs is 1. The van der Waals surface area contributed by atoms with Crippen molar-refractivity contribution in [3.05, 3.63) is 69.6 Å². The highest BCUT2D eigenvalue weighted by Gasteiger charge is 2.29. The Morgan fingerprint density at radius 2 is 1.86 bits per heavy atom. The molecule has 4 nitrogen and oxygen atoms in total. The summed E-state index contributed by atoms with van der Waals surface area (Å²) in [6.07, 6.45) is 1.89. The maximum absolute atomic E-state index is 12.5. The van der Waals surface area contributed by atoms with E-state index in [1.165, 1.54) is 10.8 Å². The van der Waals surface area contributed by atoms with Gasteiger partial charge in [-0.25, -0.2) is 0 Å². The van der Waals surface area contributed by atoms with Crippen molar-refractivity contribution >= 4 is 56.0 Å². The van der Waals surface area contributed by atoms with Crippen LogP contribution in [0.5, 0.6) is 0 Å².